The van der Waals surface area contributed by atoms with Gasteiger partial charge in [-0.2, -0.15) is 0 Å². The lowest BCUT2D eigenvalue weighted by molar-refractivity contribution is -0.126. The van der Waals surface area contributed by atoms with Gasteiger partial charge in [0.1, 0.15) is 5.92 Å². The van der Waals surface area contributed by atoms with E-state index in [1.807, 2.05) is 42.5 Å². The van der Waals surface area contributed by atoms with Crippen molar-refractivity contribution in [2.45, 2.75) is 12.1 Å². The molecule has 2 aliphatic heterocycles. The van der Waals surface area contributed by atoms with E-state index < -0.39 is 29.9 Å². The van der Waals surface area contributed by atoms with Crippen molar-refractivity contribution in [2.75, 3.05) is 9.96 Å². The summed E-state index contributed by atoms with van der Waals surface area (Å²) in [6.07, 6.45) is -0.999. The summed E-state index contributed by atoms with van der Waals surface area (Å²) in [7, 11) is 0. The number of fused-ring (bicyclic) bond motifs is 1. The number of carbonyl (C=O) groups is 2. The molecule has 0 unspecified atom stereocenters. The molecule has 8 heteroatoms. The van der Waals surface area contributed by atoms with E-state index in [9.17, 15) is 9.59 Å². The minimum absolute atomic E-state index is 0.181. The van der Waals surface area contributed by atoms with E-state index >= 15 is 0 Å². The van der Waals surface area contributed by atoms with Gasteiger partial charge in [0.2, 0.25) is 5.91 Å². The van der Waals surface area contributed by atoms with E-state index in [0.29, 0.717) is 5.02 Å². The van der Waals surface area contributed by atoms with Crippen LogP contribution in [-0.4, -0.2) is 17.9 Å². The van der Waals surface area contributed by atoms with Crippen molar-refractivity contribution in [3.8, 4) is 0 Å². The lowest BCUT2D eigenvalue weighted by atomic mass is 9.90. The molecule has 5 nitrogen and oxygen atoms in total. The van der Waals surface area contributed by atoms with Gasteiger partial charge in [-0.25, -0.2) is 9.96 Å². The second kappa shape index (κ2) is 7.84. The van der Waals surface area contributed by atoms with Crippen LogP contribution in [0.4, 0.5) is 11.4 Å². The van der Waals surface area contributed by atoms with E-state index in [-0.39, 0.29) is 15.7 Å². The molecule has 2 saturated heterocycles. The zero-order valence-electron chi connectivity index (χ0n) is 15.9. The summed E-state index contributed by atoms with van der Waals surface area (Å²) in [4.78, 5) is 34.0. The second-order valence-corrected chi connectivity index (χ2v) is 8.54. The Bertz CT molecular complexity index is 1150. The highest BCUT2D eigenvalue weighted by Crippen LogP contribution is 2.49. The van der Waals surface area contributed by atoms with Crippen molar-refractivity contribution in [3.05, 3.63) is 93.4 Å². The number of rotatable bonds is 3. The lowest BCUT2D eigenvalue weighted by Crippen LogP contribution is -2.37. The first-order valence-corrected chi connectivity index (χ1v) is 10.7. The monoisotopic (exact) mass is 472 g/mol. The van der Waals surface area contributed by atoms with Gasteiger partial charge in [-0.3, -0.25) is 14.4 Å². The highest BCUT2D eigenvalue weighted by atomic mass is 35.5. The van der Waals surface area contributed by atoms with Crippen LogP contribution in [0.2, 0.25) is 15.1 Å². The van der Waals surface area contributed by atoms with Crippen LogP contribution < -0.4 is 9.96 Å². The zero-order chi connectivity index (χ0) is 21.7. The molecule has 5 rings (SSSR count). The number of anilines is 2. The number of para-hydroxylation sites is 2. The molecule has 31 heavy (non-hydrogen) atoms. The topological polar surface area (TPSA) is 49.9 Å². The largest absolute Gasteiger partial charge is 0.273 e. The van der Waals surface area contributed by atoms with E-state index in [0.717, 1.165) is 16.2 Å². The smallest absolute Gasteiger partial charge is 0.266 e. The average molecular weight is 474 g/mol. The van der Waals surface area contributed by atoms with Crippen molar-refractivity contribution in [3.63, 3.8) is 0 Å². The Kier molecular flexibility index (Phi) is 5.15. The third-order valence-electron chi connectivity index (χ3n) is 5.50. The molecule has 0 aromatic heterocycles. The number of imide groups is 1. The molecule has 2 fully saturated rings. The fraction of sp³-hybridized carbons (Fsp3) is 0.130. The van der Waals surface area contributed by atoms with Crippen molar-refractivity contribution in [2.24, 2.45) is 5.92 Å². The normalized spacial score (nSPS) is 22.9. The molecule has 3 aromatic rings. The van der Waals surface area contributed by atoms with Gasteiger partial charge in [0.25, 0.3) is 5.91 Å². The van der Waals surface area contributed by atoms with Crippen LogP contribution in [0, 0.1) is 5.92 Å². The van der Waals surface area contributed by atoms with Gasteiger partial charge >= 0.3 is 0 Å². The third kappa shape index (κ3) is 3.29. The van der Waals surface area contributed by atoms with Crippen LogP contribution in [-0.2, 0) is 14.4 Å². The number of hydroxylamine groups is 1. The van der Waals surface area contributed by atoms with Gasteiger partial charge < -0.3 is 0 Å². The van der Waals surface area contributed by atoms with Crippen molar-refractivity contribution in [1.82, 2.24) is 0 Å². The fourth-order valence-corrected chi connectivity index (χ4v) is 4.83. The molecule has 156 valence electrons. The highest BCUT2D eigenvalue weighted by molar-refractivity contribution is 6.42. The van der Waals surface area contributed by atoms with E-state index in [1.54, 1.807) is 35.4 Å². The van der Waals surface area contributed by atoms with E-state index in [4.69, 9.17) is 39.6 Å². The number of halogens is 3. The molecule has 2 heterocycles. The van der Waals surface area contributed by atoms with Crippen molar-refractivity contribution >= 4 is 58.0 Å². The first-order valence-electron chi connectivity index (χ1n) is 9.55. The molecular formula is C23H15Cl3N2O3. The molecule has 3 atom stereocenters. The van der Waals surface area contributed by atoms with Crippen molar-refractivity contribution < 1.29 is 14.4 Å². The van der Waals surface area contributed by atoms with E-state index in [2.05, 4.69) is 0 Å². The SMILES string of the molecule is O=C1[C@H]2[C@@H](c3ccc(Cl)cc3)N(c3ccccc3)O[C@H]2C(=O)N1c1c(Cl)cccc1Cl. The predicted octanol–water partition coefficient (Wildman–Crippen LogP) is 5.70. The van der Waals surface area contributed by atoms with E-state index in [1.165, 1.54) is 0 Å². The summed E-state index contributed by atoms with van der Waals surface area (Å²) in [6.45, 7) is 0. The number of hydrogen-bond donors (Lipinski definition) is 0. The Balaban J connectivity index is 1.61. The summed E-state index contributed by atoms with van der Waals surface area (Å²) in [5, 5.41) is 2.64. The summed E-state index contributed by atoms with van der Waals surface area (Å²) in [5.74, 6) is -1.69. The Morgan fingerprint density at radius 2 is 1.39 bits per heavy atom. The lowest BCUT2D eigenvalue weighted by Gasteiger charge is -2.29. The Labute approximate surface area is 193 Å². The fourth-order valence-electron chi connectivity index (χ4n) is 4.14. The minimum Gasteiger partial charge on any atom is -0.273 e. The third-order valence-corrected chi connectivity index (χ3v) is 6.36. The van der Waals surface area contributed by atoms with Gasteiger partial charge in [0, 0.05) is 5.02 Å². The average Bonchev–Trinajstić information content (AvgIpc) is 3.27. The van der Waals surface area contributed by atoms with Gasteiger partial charge in [-0.15, -0.1) is 0 Å². The van der Waals surface area contributed by atoms with Gasteiger partial charge in [0.15, 0.2) is 6.10 Å². The first-order chi connectivity index (χ1) is 15.0. The highest BCUT2D eigenvalue weighted by Gasteiger charge is 2.60. The van der Waals surface area contributed by atoms with Crippen LogP contribution >= 0.6 is 34.8 Å². The molecule has 0 radical (unpaired) electrons. The maximum atomic E-state index is 13.6. The molecule has 2 aliphatic rings. The predicted molar refractivity (Wildman–Crippen MR) is 120 cm³/mol. The van der Waals surface area contributed by atoms with Gasteiger partial charge in [-0.05, 0) is 42.0 Å². The van der Waals surface area contributed by atoms with Crippen LogP contribution in [0.15, 0.2) is 72.8 Å². The summed E-state index contributed by atoms with van der Waals surface area (Å²) in [5.41, 5.74) is 1.72. The summed E-state index contributed by atoms with van der Waals surface area (Å²) >= 11 is 18.7. The van der Waals surface area contributed by atoms with Gasteiger partial charge in [-0.1, -0.05) is 71.2 Å². The number of benzene rings is 3. The molecule has 3 aromatic carbocycles. The summed E-state index contributed by atoms with van der Waals surface area (Å²) < 4.78 is 0. The molecule has 0 aliphatic carbocycles. The quantitative estimate of drug-likeness (QED) is 0.458. The van der Waals surface area contributed by atoms with Crippen LogP contribution in [0.1, 0.15) is 11.6 Å². The number of carbonyl (C=O) groups excluding carboxylic acids is 2. The Hall–Kier alpha value is -2.57. The van der Waals surface area contributed by atoms with Gasteiger partial charge in [0.05, 0.1) is 27.5 Å². The molecule has 2 amide bonds. The Morgan fingerprint density at radius 1 is 0.742 bits per heavy atom. The molecular weight excluding hydrogens is 459 g/mol. The summed E-state index contributed by atoms with van der Waals surface area (Å²) in [6, 6.07) is 20.8. The zero-order valence-corrected chi connectivity index (χ0v) is 18.2. The van der Waals surface area contributed by atoms with Crippen LogP contribution in [0.3, 0.4) is 0 Å². The van der Waals surface area contributed by atoms with Crippen LogP contribution in [0.25, 0.3) is 0 Å². The minimum atomic E-state index is -0.999. The van der Waals surface area contributed by atoms with Crippen molar-refractivity contribution in [1.29, 1.82) is 0 Å². The Morgan fingerprint density at radius 3 is 2.03 bits per heavy atom. The standard InChI is InChI=1S/C23H15Cl3N2O3/c24-14-11-9-13(10-12-14)19-18-21(31-28(19)15-5-2-1-3-6-15)23(30)27(22(18)29)20-16(25)7-4-8-17(20)26/h1-12,18-19,21H/t18-,19+,21+/m0/s1. The maximum absolute atomic E-state index is 13.6. The maximum Gasteiger partial charge on any atom is 0.266 e. The molecule has 0 spiro atoms. The molecule has 0 saturated carbocycles. The number of amides is 2. The second-order valence-electron chi connectivity index (χ2n) is 7.29. The number of hydrogen-bond acceptors (Lipinski definition) is 4. The molecule has 0 bridgehead atoms. The first kappa shape index (κ1) is 20.3. The number of nitrogens with zero attached hydrogens (tertiary/aromatic N) is 2. The van der Waals surface area contributed by atoms with Crippen LogP contribution in [0.5, 0.6) is 0 Å². The molecule has 0 N–H and O–H groups in total.